The Morgan fingerprint density at radius 2 is 1.68 bits per heavy atom. The standard InChI is InChI=1S/C22H29N3O2.ClH/c1-27-21-8-4-19(5-9-21)16-25-12-10-18(11-13-25)15-24-22(26)20-6-2-17(14-23)3-7-20;/h2-9,18H,10-16,23H2,1H3,(H,24,26);1H. The van der Waals surface area contributed by atoms with Crippen molar-refractivity contribution in [3.63, 3.8) is 0 Å². The molecule has 3 N–H and O–H groups in total. The summed E-state index contributed by atoms with van der Waals surface area (Å²) >= 11 is 0. The number of nitrogens with zero attached hydrogens (tertiary/aromatic N) is 1. The van der Waals surface area contributed by atoms with Gasteiger partial charge in [0.2, 0.25) is 0 Å². The van der Waals surface area contributed by atoms with Crippen molar-refractivity contribution in [2.24, 2.45) is 11.7 Å². The number of piperidine rings is 1. The number of likely N-dealkylation sites (tertiary alicyclic amines) is 1. The van der Waals surface area contributed by atoms with Crippen molar-refractivity contribution in [1.29, 1.82) is 0 Å². The molecule has 1 fully saturated rings. The quantitative estimate of drug-likeness (QED) is 0.744. The minimum absolute atomic E-state index is 0. The first kappa shape index (κ1) is 22.2. The fraction of sp³-hybridized carbons (Fsp3) is 0.409. The van der Waals surface area contributed by atoms with Crippen molar-refractivity contribution in [2.45, 2.75) is 25.9 Å². The van der Waals surface area contributed by atoms with Crippen LogP contribution in [0.25, 0.3) is 0 Å². The molecular weight excluding hydrogens is 374 g/mol. The number of halogens is 1. The highest BCUT2D eigenvalue weighted by molar-refractivity contribution is 5.94. The molecule has 5 nitrogen and oxygen atoms in total. The van der Waals surface area contributed by atoms with E-state index < -0.39 is 0 Å². The van der Waals surface area contributed by atoms with Gasteiger partial charge in [-0.25, -0.2) is 0 Å². The topological polar surface area (TPSA) is 67.6 Å². The molecule has 1 saturated heterocycles. The Bertz CT molecular complexity index is 726. The van der Waals surface area contributed by atoms with E-state index in [9.17, 15) is 4.79 Å². The number of hydrogen-bond acceptors (Lipinski definition) is 4. The second-order valence-electron chi connectivity index (χ2n) is 7.18. The average molecular weight is 404 g/mol. The molecule has 0 aromatic heterocycles. The maximum Gasteiger partial charge on any atom is 0.251 e. The monoisotopic (exact) mass is 403 g/mol. The molecular formula is C22H30ClN3O2. The summed E-state index contributed by atoms with van der Waals surface area (Å²) in [4.78, 5) is 14.8. The van der Waals surface area contributed by atoms with E-state index in [2.05, 4.69) is 22.3 Å². The van der Waals surface area contributed by atoms with Crippen molar-refractivity contribution in [1.82, 2.24) is 10.2 Å². The zero-order valence-electron chi connectivity index (χ0n) is 16.4. The van der Waals surface area contributed by atoms with E-state index >= 15 is 0 Å². The number of hydrogen-bond donors (Lipinski definition) is 2. The van der Waals surface area contributed by atoms with E-state index in [1.54, 1.807) is 7.11 Å². The lowest BCUT2D eigenvalue weighted by atomic mass is 9.96. The van der Waals surface area contributed by atoms with Gasteiger partial charge < -0.3 is 15.8 Å². The van der Waals surface area contributed by atoms with E-state index in [0.717, 1.165) is 50.3 Å². The van der Waals surface area contributed by atoms with Crippen molar-refractivity contribution < 1.29 is 9.53 Å². The molecule has 0 atom stereocenters. The van der Waals surface area contributed by atoms with Crippen molar-refractivity contribution in [3.8, 4) is 5.75 Å². The largest absolute Gasteiger partial charge is 0.497 e. The lowest BCUT2D eigenvalue weighted by Crippen LogP contribution is -2.38. The molecule has 152 valence electrons. The average Bonchev–Trinajstić information content (AvgIpc) is 2.73. The van der Waals surface area contributed by atoms with Crippen LogP contribution in [0.5, 0.6) is 5.75 Å². The summed E-state index contributed by atoms with van der Waals surface area (Å²) in [6, 6.07) is 15.8. The second-order valence-corrected chi connectivity index (χ2v) is 7.18. The van der Waals surface area contributed by atoms with Gasteiger partial charge >= 0.3 is 0 Å². The number of benzene rings is 2. The van der Waals surface area contributed by atoms with Gasteiger partial charge in [0, 0.05) is 25.2 Å². The molecule has 1 aliphatic heterocycles. The first-order valence-corrected chi connectivity index (χ1v) is 9.60. The first-order valence-electron chi connectivity index (χ1n) is 9.60. The normalized spacial score (nSPS) is 14.9. The van der Waals surface area contributed by atoms with Crippen molar-refractivity contribution in [2.75, 3.05) is 26.7 Å². The highest BCUT2D eigenvalue weighted by atomic mass is 35.5. The van der Waals surface area contributed by atoms with Crippen LogP contribution in [-0.4, -0.2) is 37.6 Å². The van der Waals surface area contributed by atoms with Gasteiger partial charge in [-0.3, -0.25) is 9.69 Å². The fourth-order valence-corrected chi connectivity index (χ4v) is 3.47. The zero-order chi connectivity index (χ0) is 19.1. The number of rotatable bonds is 7. The molecule has 1 amide bonds. The third-order valence-corrected chi connectivity index (χ3v) is 5.28. The molecule has 3 rings (SSSR count). The second kappa shape index (κ2) is 11.1. The number of amides is 1. The molecule has 1 heterocycles. The van der Waals surface area contributed by atoms with Gasteiger partial charge in [-0.15, -0.1) is 12.4 Å². The summed E-state index contributed by atoms with van der Waals surface area (Å²) in [5, 5.41) is 3.08. The van der Waals surface area contributed by atoms with Gasteiger partial charge in [-0.1, -0.05) is 24.3 Å². The van der Waals surface area contributed by atoms with Crippen LogP contribution in [0, 0.1) is 5.92 Å². The van der Waals surface area contributed by atoms with Gasteiger partial charge in [0.05, 0.1) is 7.11 Å². The van der Waals surface area contributed by atoms with Crippen LogP contribution in [0.4, 0.5) is 0 Å². The lowest BCUT2D eigenvalue weighted by Gasteiger charge is -2.32. The van der Waals surface area contributed by atoms with E-state index in [0.29, 0.717) is 18.0 Å². The summed E-state index contributed by atoms with van der Waals surface area (Å²) in [6.45, 7) is 4.34. The molecule has 0 aliphatic carbocycles. The van der Waals surface area contributed by atoms with Gasteiger partial charge in [0.25, 0.3) is 5.91 Å². The third-order valence-electron chi connectivity index (χ3n) is 5.28. The number of ether oxygens (including phenoxy) is 1. The molecule has 1 aliphatic rings. The molecule has 28 heavy (non-hydrogen) atoms. The molecule has 6 heteroatoms. The Balaban J connectivity index is 0.00000280. The number of carbonyl (C=O) groups excluding carboxylic acids is 1. The van der Waals surface area contributed by atoms with Gasteiger partial charge in [-0.2, -0.15) is 0 Å². The third kappa shape index (κ3) is 6.23. The summed E-state index contributed by atoms with van der Waals surface area (Å²) in [5.74, 6) is 1.44. The van der Waals surface area contributed by atoms with Gasteiger partial charge in [0.15, 0.2) is 0 Å². The number of carbonyl (C=O) groups is 1. The van der Waals surface area contributed by atoms with Crippen LogP contribution >= 0.6 is 12.4 Å². The van der Waals surface area contributed by atoms with E-state index in [-0.39, 0.29) is 18.3 Å². The first-order chi connectivity index (χ1) is 13.2. The Morgan fingerprint density at radius 1 is 1.07 bits per heavy atom. The molecule has 0 bridgehead atoms. The van der Waals surface area contributed by atoms with E-state index in [1.165, 1.54) is 5.56 Å². The van der Waals surface area contributed by atoms with E-state index in [4.69, 9.17) is 10.5 Å². The highest BCUT2D eigenvalue weighted by Gasteiger charge is 2.20. The van der Waals surface area contributed by atoms with Crippen LogP contribution in [0.15, 0.2) is 48.5 Å². The van der Waals surface area contributed by atoms with Gasteiger partial charge in [-0.05, 0) is 67.2 Å². The minimum atomic E-state index is -0.000709. The number of methoxy groups -OCH3 is 1. The summed E-state index contributed by atoms with van der Waals surface area (Å²) in [6.07, 6.45) is 2.23. The maximum absolute atomic E-state index is 12.3. The zero-order valence-corrected chi connectivity index (χ0v) is 17.2. The van der Waals surface area contributed by atoms with Crippen LogP contribution in [-0.2, 0) is 13.1 Å². The Labute approximate surface area is 173 Å². The van der Waals surface area contributed by atoms with Crippen LogP contribution < -0.4 is 15.8 Å². The molecule has 2 aromatic rings. The van der Waals surface area contributed by atoms with Crippen LogP contribution in [0.2, 0.25) is 0 Å². The Hall–Kier alpha value is -2.08. The summed E-state index contributed by atoms with van der Waals surface area (Å²) in [7, 11) is 1.69. The van der Waals surface area contributed by atoms with Crippen molar-refractivity contribution in [3.05, 3.63) is 65.2 Å². The minimum Gasteiger partial charge on any atom is -0.497 e. The highest BCUT2D eigenvalue weighted by Crippen LogP contribution is 2.20. The van der Waals surface area contributed by atoms with Crippen LogP contribution in [0.1, 0.15) is 34.3 Å². The Kier molecular flexibility index (Phi) is 8.77. The fourth-order valence-electron chi connectivity index (χ4n) is 3.47. The molecule has 2 aromatic carbocycles. The SMILES string of the molecule is COc1ccc(CN2CCC(CNC(=O)c3ccc(CN)cc3)CC2)cc1.Cl. The smallest absolute Gasteiger partial charge is 0.251 e. The van der Waals surface area contributed by atoms with Crippen molar-refractivity contribution >= 4 is 18.3 Å². The lowest BCUT2D eigenvalue weighted by molar-refractivity contribution is 0.0935. The summed E-state index contributed by atoms with van der Waals surface area (Å²) in [5.41, 5.74) is 8.64. The number of nitrogens with two attached hydrogens (primary N) is 1. The summed E-state index contributed by atoms with van der Waals surface area (Å²) < 4.78 is 5.21. The predicted molar refractivity (Wildman–Crippen MR) is 115 cm³/mol. The number of nitrogens with one attached hydrogen (secondary N) is 1. The molecule has 0 spiro atoms. The maximum atomic E-state index is 12.3. The molecule has 0 unspecified atom stereocenters. The van der Waals surface area contributed by atoms with E-state index in [1.807, 2.05) is 36.4 Å². The predicted octanol–water partition coefficient (Wildman–Crippen LogP) is 3.22. The Morgan fingerprint density at radius 3 is 2.25 bits per heavy atom. The molecule has 0 radical (unpaired) electrons. The van der Waals surface area contributed by atoms with Crippen LogP contribution in [0.3, 0.4) is 0 Å². The molecule has 0 saturated carbocycles. The van der Waals surface area contributed by atoms with Gasteiger partial charge in [0.1, 0.15) is 5.75 Å².